The minimum absolute atomic E-state index is 0.0715. The molecule has 0 spiro atoms. The third kappa shape index (κ3) is 4.44. The van der Waals surface area contributed by atoms with Crippen LogP contribution in [0.5, 0.6) is 0 Å². The normalized spacial score (nSPS) is 58.7. The van der Waals surface area contributed by atoms with Crippen molar-refractivity contribution in [1.82, 2.24) is 0 Å². The Morgan fingerprint density at radius 2 is 1.41 bits per heavy atom. The van der Waals surface area contributed by atoms with E-state index in [4.69, 9.17) is 9.47 Å². The monoisotopic (exact) mass is 622 g/mol. The molecule has 44 heavy (non-hydrogen) atoms. The first-order valence-electron chi connectivity index (χ1n) is 17.7. The zero-order chi connectivity index (χ0) is 32.3. The van der Waals surface area contributed by atoms with Gasteiger partial charge in [0.25, 0.3) is 0 Å². The van der Waals surface area contributed by atoms with E-state index in [9.17, 15) is 30.6 Å². The SMILES string of the molecule is C[C@H]1[C@@H]2[C@H]3CC[C@@H]4[C@@]5(C)CC[C@H](O[C@@H]6O[C@H](CO)[C@@H](O)[C@H](O)[C@H]6O)C(C)(C)[C@@H]5CC[C@@]4(C)[C@]3(C)CC[C@@]2(CO)CC[C@]1(C)O. The fraction of sp³-hybridized carbons (Fsp3) is 1.00. The summed E-state index contributed by atoms with van der Waals surface area (Å²) in [5.74, 6) is 1.95. The van der Waals surface area contributed by atoms with Crippen LogP contribution in [0.25, 0.3) is 0 Å². The molecule has 0 radical (unpaired) electrons. The predicted molar refractivity (Wildman–Crippen MR) is 166 cm³/mol. The maximum atomic E-state index is 11.5. The van der Waals surface area contributed by atoms with Gasteiger partial charge >= 0.3 is 0 Å². The Labute approximate surface area is 264 Å². The molecule has 1 aliphatic heterocycles. The number of ether oxygens (including phenoxy) is 2. The topological polar surface area (TPSA) is 140 Å². The first kappa shape index (κ1) is 33.6. The zero-order valence-electron chi connectivity index (χ0n) is 28.3. The average Bonchev–Trinajstić information content (AvgIpc) is 2.97. The van der Waals surface area contributed by atoms with Crippen molar-refractivity contribution >= 4 is 0 Å². The van der Waals surface area contributed by atoms with Gasteiger partial charge in [0, 0.05) is 6.61 Å². The van der Waals surface area contributed by atoms with Gasteiger partial charge in [0.05, 0.1) is 18.3 Å². The van der Waals surface area contributed by atoms with Crippen molar-refractivity contribution in [1.29, 1.82) is 0 Å². The largest absolute Gasteiger partial charge is 0.396 e. The summed E-state index contributed by atoms with van der Waals surface area (Å²) in [6, 6.07) is 0. The van der Waals surface area contributed by atoms with Crippen LogP contribution < -0.4 is 0 Å². The molecule has 1 saturated heterocycles. The maximum absolute atomic E-state index is 11.5. The number of fused-ring (bicyclic) bond motifs is 7. The van der Waals surface area contributed by atoms with Crippen LogP contribution >= 0.6 is 0 Å². The zero-order valence-corrected chi connectivity index (χ0v) is 28.3. The molecular weight excluding hydrogens is 560 g/mol. The molecule has 16 atom stereocenters. The lowest BCUT2D eigenvalue weighted by molar-refractivity contribution is -0.332. The number of aliphatic hydroxyl groups is 6. The number of hydrogen-bond acceptors (Lipinski definition) is 8. The van der Waals surface area contributed by atoms with E-state index < -0.39 is 42.9 Å². The van der Waals surface area contributed by atoms with Crippen LogP contribution in [0.3, 0.4) is 0 Å². The van der Waals surface area contributed by atoms with Gasteiger partial charge in [0.15, 0.2) is 6.29 Å². The molecular formula is C36H62O8. The number of aliphatic hydroxyl groups excluding tert-OH is 5. The Hall–Kier alpha value is -0.320. The minimum Gasteiger partial charge on any atom is -0.396 e. The molecule has 1 heterocycles. The highest BCUT2D eigenvalue weighted by molar-refractivity contribution is 5.20. The average molecular weight is 623 g/mol. The van der Waals surface area contributed by atoms with E-state index in [0.717, 1.165) is 57.8 Å². The molecule has 6 rings (SSSR count). The molecule has 0 aromatic heterocycles. The first-order chi connectivity index (χ1) is 20.4. The smallest absolute Gasteiger partial charge is 0.186 e. The summed E-state index contributed by atoms with van der Waals surface area (Å²) >= 11 is 0. The molecule has 5 saturated carbocycles. The van der Waals surface area contributed by atoms with Crippen molar-refractivity contribution in [2.24, 2.45) is 56.7 Å². The summed E-state index contributed by atoms with van der Waals surface area (Å²) in [5, 5.41) is 63.4. The summed E-state index contributed by atoms with van der Waals surface area (Å²) in [7, 11) is 0. The Morgan fingerprint density at radius 3 is 2.07 bits per heavy atom. The second-order valence-electron chi connectivity index (χ2n) is 18.0. The summed E-state index contributed by atoms with van der Waals surface area (Å²) in [6.45, 7) is 16.3. The fourth-order valence-electron chi connectivity index (χ4n) is 13.2. The molecule has 8 heteroatoms. The van der Waals surface area contributed by atoms with Crippen LogP contribution in [0.4, 0.5) is 0 Å². The van der Waals surface area contributed by atoms with Gasteiger partial charge < -0.3 is 40.1 Å². The predicted octanol–water partition coefficient (Wildman–Crippen LogP) is 4.02. The van der Waals surface area contributed by atoms with Gasteiger partial charge in [0.1, 0.15) is 24.4 Å². The molecule has 6 aliphatic rings. The molecule has 254 valence electrons. The quantitative estimate of drug-likeness (QED) is 0.259. The van der Waals surface area contributed by atoms with Crippen LogP contribution in [0, 0.1) is 56.7 Å². The molecule has 0 unspecified atom stereocenters. The highest BCUT2D eigenvalue weighted by Gasteiger charge is 2.71. The molecule has 8 nitrogen and oxygen atoms in total. The van der Waals surface area contributed by atoms with Gasteiger partial charge in [-0.25, -0.2) is 0 Å². The van der Waals surface area contributed by atoms with E-state index in [1.807, 2.05) is 6.92 Å². The molecule has 0 bridgehead atoms. The van der Waals surface area contributed by atoms with Crippen LogP contribution in [0.2, 0.25) is 0 Å². The van der Waals surface area contributed by atoms with Crippen LogP contribution in [0.15, 0.2) is 0 Å². The maximum Gasteiger partial charge on any atom is 0.186 e. The Kier molecular flexibility index (Phi) is 8.28. The summed E-state index contributed by atoms with van der Waals surface area (Å²) in [6.07, 6.45) is 3.78. The van der Waals surface area contributed by atoms with Crippen LogP contribution in [-0.4, -0.2) is 86.3 Å². The van der Waals surface area contributed by atoms with Crippen LogP contribution in [0.1, 0.15) is 113 Å². The van der Waals surface area contributed by atoms with Crippen LogP contribution in [-0.2, 0) is 9.47 Å². The first-order valence-corrected chi connectivity index (χ1v) is 17.7. The van der Waals surface area contributed by atoms with Gasteiger partial charge in [-0.15, -0.1) is 0 Å². The van der Waals surface area contributed by atoms with E-state index in [-0.39, 0.29) is 45.7 Å². The van der Waals surface area contributed by atoms with Crippen molar-refractivity contribution in [3.8, 4) is 0 Å². The van der Waals surface area contributed by atoms with Gasteiger partial charge in [-0.3, -0.25) is 0 Å². The standard InChI is InChI=1S/C36H62O8/c1-20-26-21-8-9-24-32(4)12-11-25(44-30-29(41)28(40)27(39)22(18-37)43-30)31(2,3)23(32)10-13-34(24,6)33(21,5)14-16-36(26,19-38)17-15-35(20,7)42/h20-30,37-42H,8-19H2,1-7H3/t20-,21+,22+,23-,24+,25-,26+,27+,28-,29+,30-,32-,33+,34+,35-,36-/m0/s1. The summed E-state index contributed by atoms with van der Waals surface area (Å²) < 4.78 is 12.3. The van der Waals surface area contributed by atoms with Crippen molar-refractivity contribution in [2.75, 3.05) is 13.2 Å². The second-order valence-corrected chi connectivity index (χ2v) is 18.0. The molecule has 6 fully saturated rings. The lowest BCUT2D eigenvalue weighted by Crippen LogP contribution is -2.69. The van der Waals surface area contributed by atoms with Gasteiger partial charge in [-0.2, -0.15) is 0 Å². The second kappa shape index (κ2) is 10.8. The summed E-state index contributed by atoms with van der Waals surface area (Å²) in [4.78, 5) is 0. The lowest BCUT2D eigenvalue weighted by atomic mass is 9.31. The van der Waals surface area contributed by atoms with Crippen molar-refractivity contribution < 1.29 is 40.1 Å². The fourth-order valence-corrected chi connectivity index (χ4v) is 13.2. The van der Waals surface area contributed by atoms with E-state index in [1.54, 1.807) is 0 Å². The number of hydrogen-bond donors (Lipinski definition) is 6. The molecule has 0 aromatic rings. The lowest BCUT2D eigenvalue weighted by Gasteiger charge is -2.74. The number of rotatable bonds is 4. The Morgan fingerprint density at radius 1 is 0.727 bits per heavy atom. The van der Waals surface area contributed by atoms with E-state index in [2.05, 4.69) is 41.5 Å². The van der Waals surface area contributed by atoms with Crippen molar-refractivity contribution in [3.05, 3.63) is 0 Å². The molecule has 0 amide bonds. The molecule has 0 aromatic carbocycles. The summed E-state index contributed by atoms with van der Waals surface area (Å²) in [5.41, 5.74) is -0.547. The van der Waals surface area contributed by atoms with Gasteiger partial charge in [0.2, 0.25) is 0 Å². The van der Waals surface area contributed by atoms with E-state index in [1.165, 1.54) is 6.42 Å². The minimum atomic E-state index is -1.44. The van der Waals surface area contributed by atoms with Crippen molar-refractivity contribution in [3.63, 3.8) is 0 Å². The van der Waals surface area contributed by atoms with E-state index in [0.29, 0.717) is 23.7 Å². The highest BCUT2D eigenvalue weighted by Crippen LogP contribution is 2.77. The third-order valence-electron chi connectivity index (χ3n) is 16.3. The van der Waals surface area contributed by atoms with E-state index >= 15 is 0 Å². The van der Waals surface area contributed by atoms with Gasteiger partial charge in [-0.05, 0) is 128 Å². The highest BCUT2D eigenvalue weighted by atomic mass is 16.7. The molecule has 5 aliphatic carbocycles. The third-order valence-corrected chi connectivity index (χ3v) is 16.3. The Bertz CT molecular complexity index is 1080. The Balaban J connectivity index is 1.26. The van der Waals surface area contributed by atoms with Crippen molar-refractivity contribution in [2.45, 2.75) is 155 Å². The van der Waals surface area contributed by atoms with Gasteiger partial charge in [-0.1, -0.05) is 41.5 Å². The molecule has 6 N–H and O–H groups in total.